The maximum atomic E-state index is 11.9. The molecule has 2 rings (SSSR count). The Bertz CT molecular complexity index is 696. The second-order valence-electron chi connectivity index (χ2n) is 3.58. The summed E-state index contributed by atoms with van der Waals surface area (Å²) in [5.41, 5.74) is 0. The van der Waals surface area contributed by atoms with E-state index >= 15 is 0 Å². The molecule has 0 atom stereocenters. The molecular weight excluding hydrogens is 295 g/mol. The lowest BCUT2D eigenvalue weighted by Gasteiger charge is -2.09. The van der Waals surface area contributed by atoms with Crippen LogP contribution in [0, 0.1) is 0 Å². The third-order valence-corrected chi connectivity index (χ3v) is 4.68. The predicted octanol–water partition coefficient (Wildman–Crippen LogP) is 3.87. The molecule has 2 aromatic carbocycles. The predicted molar refractivity (Wildman–Crippen MR) is 72.8 cm³/mol. The Morgan fingerprint density at radius 2 is 1.78 bits per heavy atom. The van der Waals surface area contributed by atoms with E-state index in [0.29, 0.717) is 15.8 Å². The maximum absolute atomic E-state index is 11.9. The van der Waals surface area contributed by atoms with Crippen molar-refractivity contribution in [3.63, 3.8) is 0 Å². The zero-order valence-electron chi connectivity index (χ0n) is 9.48. The molecule has 0 amide bonds. The summed E-state index contributed by atoms with van der Waals surface area (Å²) in [6, 6.07) is 8.38. The van der Waals surface area contributed by atoms with Crippen LogP contribution in [0.4, 0.5) is 0 Å². The average Bonchev–Trinajstić information content (AvgIpc) is 2.33. The Hall–Kier alpha value is -0.810. The van der Waals surface area contributed by atoms with E-state index in [0.717, 1.165) is 0 Å². The summed E-state index contributed by atoms with van der Waals surface area (Å²) in [6.07, 6.45) is 0. The van der Waals surface area contributed by atoms with E-state index in [1.807, 2.05) is 0 Å². The summed E-state index contributed by atoms with van der Waals surface area (Å²) in [4.78, 5) is -0.102. The highest BCUT2D eigenvalue weighted by atomic mass is 35.5. The first kappa shape index (κ1) is 13.6. The summed E-state index contributed by atoms with van der Waals surface area (Å²) in [5, 5.41) is 1.75. The molecule has 0 spiro atoms. The number of halogens is 2. The summed E-state index contributed by atoms with van der Waals surface area (Å²) in [7, 11) is -3.87. The van der Waals surface area contributed by atoms with Crippen LogP contribution in [0.25, 0.3) is 10.8 Å². The smallest absolute Gasteiger partial charge is 0.267 e. The van der Waals surface area contributed by atoms with E-state index in [1.165, 1.54) is 6.07 Å². The minimum absolute atomic E-state index is 0.0448. The summed E-state index contributed by atoms with van der Waals surface area (Å²) in [5.74, 6) is 0. The van der Waals surface area contributed by atoms with Gasteiger partial charge in [0.25, 0.3) is 10.1 Å². The highest BCUT2D eigenvalue weighted by molar-refractivity contribution is 7.87. The highest BCUT2D eigenvalue weighted by Crippen LogP contribution is 2.35. The Kier molecular flexibility index (Phi) is 3.82. The normalized spacial score (nSPS) is 11.9. The first-order valence-electron chi connectivity index (χ1n) is 5.23. The number of fused-ring (bicyclic) bond motifs is 1. The van der Waals surface area contributed by atoms with Crippen molar-refractivity contribution >= 4 is 44.1 Å². The van der Waals surface area contributed by atoms with Gasteiger partial charge in [0.15, 0.2) is 0 Å². The van der Waals surface area contributed by atoms with Gasteiger partial charge in [-0.3, -0.25) is 4.18 Å². The molecule has 2 aromatic rings. The van der Waals surface area contributed by atoms with Gasteiger partial charge in [-0.25, -0.2) is 0 Å². The molecule has 18 heavy (non-hydrogen) atoms. The van der Waals surface area contributed by atoms with Gasteiger partial charge in [-0.2, -0.15) is 8.42 Å². The first-order chi connectivity index (χ1) is 8.47. The molecule has 0 aliphatic rings. The van der Waals surface area contributed by atoms with Crippen molar-refractivity contribution < 1.29 is 12.6 Å². The lowest BCUT2D eigenvalue weighted by Crippen LogP contribution is -2.07. The van der Waals surface area contributed by atoms with Crippen molar-refractivity contribution in [1.82, 2.24) is 0 Å². The van der Waals surface area contributed by atoms with Crippen LogP contribution in [-0.4, -0.2) is 15.0 Å². The molecule has 0 saturated heterocycles. The zero-order chi connectivity index (χ0) is 13.3. The lowest BCUT2D eigenvalue weighted by molar-refractivity contribution is 0.338. The van der Waals surface area contributed by atoms with Gasteiger partial charge in [0, 0.05) is 15.8 Å². The van der Waals surface area contributed by atoms with E-state index in [2.05, 4.69) is 0 Å². The SMILES string of the molecule is CCOS(=O)(=O)c1cc(Cl)c2ccccc2c1Cl. The van der Waals surface area contributed by atoms with Crippen LogP contribution in [0.5, 0.6) is 0 Å². The summed E-state index contributed by atoms with van der Waals surface area (Å²) >= 11 is 12.2. The maximum Gasteiger partial charge on any atom is 0.298 e. The van der Waals surface area contributed by atoms with Crippen molar-refractivity contribution in [3.05, 3.63) is 40.4 Å². The number of benzene rings is 2. The molecule has 0 heterocycles. The molecule has 3 nitrogen and oxygen atoms in total. The summed E-state index contributed by atoms with van der Waals surface area (Å²) < 4.78 is 28.5. The molecule has 0 fully saturated rings. The number of hydrogen-bond donors (Lipinski definition) is 0. The largest absolute Gasteiger partial charge is 0.298 e. The van der Waals surface area contributed by atoms with Gasteiger partial charge in [0.2, 0.25) is 0 Å². The van der Waals surface area contributed by atoms with Crippen molar-refractivity contribution in [2.75, 3.05) is 6.61 Å². The van der Waals surface area contributed by atoms with E-state index in [9.17, 15) is 8.42 Å². The van der Waals surface area contributed by atoms with E-state index < -0.39 is 10.1 Å². The zero-order valence-corrected chi connectivity index (χ0v) is 11.8. The lowest BCUT2D eigenvalue weighted by atomic mass is 10.1. The third-order valence-electron chi connectivity index (χ3n) is 2.44. The van der Waals surface area contributed by atoms with Crippen molar-refractivity contribution in [3.8, 4) is 0 Å². The Labute approximate surface area is 115 Å². The van der Waals surface area contributed by atoms with Gasteiger partial charge in [-0.05, 0) is 13.0 Å². The molecule has 96 valence electrons. The van der Waals surface area contributed by atoms with Crippen LogP contribution in [0.1, 0.15) is 6.92 Å². The highest BCUT2D eigenvalue weighted by Gasteiger charge is 2.21. The summed E-state index contributed by atoms with van der Waals surface area (Å²) in [6.45, 7) is 1.64. The van der Waals surface area contributed by atoms with Crippen LogP contribution in [0.15, 0.2) is 35.2 Å². The third kappa shape index (κ3) is 2.34. The number of hydrogen-bond acceptors (Lipinski definition) is 3. The van der Waals surface area contributed by atoms with E-state index in [4.69, 9.17) is 27.4 Å². The molecule has 0 N–H and O–H groups in total. The molecule has 6 heteroatoms. The standard InChI is InChI=1S/C12H10Cl2O3S/c1-2-17-18(15,16)11-7-10(13)8-5-3-4-6-9(8)12(11)14/h3-7H,2H2,1H3. The van der Waals surface area contributed by atoms with Gasteiger partial charge in [-0.1, -0.05) is 47.5 Å². The topological polar surface area (TPSA) is 43.4 Å². The van der Waals surface area contributed by atoms with E-state index in [1.54, 1.807) is 31.2 Å². The monoisotopic (exact) mass is 304 g/mol. The average molecular weight is 305 g/mol. The quantitative estimate of drug-likeness (QED) is 0.808. The minimum atomic E-state index is -3.87. The van der Waals surface area contributed by atoms with Crippen LogP contribution in [0.2, 0.25) is 10.0 Å². The van der Waals surface area contributed by atoms with Crippen LogP contribution in [0.3, 0.4) is 0 Å². The Morgan fingerprint density at radius 1 is 1.17 bits per heavy atom. The minimum Gasteiger partial charge on any atom is -0.267 e. The first-order valence-corrected chi connectivity index (χ1v) is 7.40. The van der Waals surface area contributed by atoms with Crippen LogP contribution >= 0.6 is 23.2 Å². The second-order valence-corrected chi connectivity index (χ2v) is 5.95. The molecule has 0 aromatic heterocycles. The van der Waals surface area contributed by atoms with Crippen molar-refractivity contribution in [2.45, 2.75) is 11.8 Å². The second kappa shape index (κ2) is 5.05. The fraction of sp³-hybridized carbons (Fsp3) is 0.167. The van der Waals surface area contributed by atoms with E-state index in [-0.39, 0.29) is 16.5 Å². The van der Waals surface area contributed by atoms with Crippen molar-refractivity contribution in [2.24, 2.45) is 0 Å². The van der Waals surface area contributed by atoms with Gasteiger partial charge in [0.05, 0.1) is 11.6 Å². The van der Waals surface area contributed by atoms with Gasteiger partial charge < -0.3 is 0 Å². The molecule has 0 saturated carbocycles. The van der Waals surface area contributed by atoms with Crippen LogP contribution < -0.4 is 0 Å². The molecule has 0 bridgehead atoms. The number of rotatable bonds is 3. The Balaban J connectivity index is 2.79. The molecule has 0 aliphatic carbocycles. The van der Waals surface area contributed by atoms with Crippen molar-refractivity contribution in [1.29, 1.82) is 0 Å². The molecular formula is C12H10Cl2O3S. The molecule has 0 aliphatic heterocycles. The molecule has 0 radical (unpaired) electrons. The van der Waals surface area contributed by atoms with Gasteiger partial charge in [-0.15, -0.1) is 0 Å². The van der Waals surface area contributed by atoms with Gasteiger partial charge in [0.1, 0.15) is 4.90 Å². The fourth-order valence-corrected chi connectivity index (χ4v) is 3.54. The van der Waals surface area contributed by atoms with Gasteiger partial charge >= 0.3 is 0 Å². The fourth-order valence-electron chi connectivity index (χ4n) is 1.67. The Morgan fingerprint density at radius 3 is 2.39 bits per heavy atom. The molecule has 0 unspecified atom stereocenters. The van der Waals surface area contributed by atoms with Crippen LogP contribution in [-0.2, 0) is 14.3 Å².